The molecular weight excluding hydrogens is 326 g/mol. The summed E-state index contributed by atoms with van der Waals surface area (Å²) in [5.74, 6) is 0.977. The Balaban J connectivity index is 1.69. The highest BCUT2D eigenvalue weighted by Crippen LogP contribution is 2.52. The maximum Gasteiger partial charge on any atom is 0.217 e. The molecule has 5 atom stereocenters. The molecule has 0 amide bonds. The molecule has 2 heterocycles. The lowest BCUT2D eigenvalue weighted by Crippen LogP contribution is -2.51. The normalized spacial score (nSPS) is 36.1. The van der Waals surface area contributed by atoms with Gasteiger partial charge in [0.25, 0.3) is 0 Å². The summed E-state index contributed by atoms with van der Waals surface area (Å²) in [5, 5.41) is 30.9. The Morgan fingerprint density at radius 3 is 2.42 bits per heavy atom. The van der Waals surface area contributed by atoms with E-state index in [0.29, 0.717) is 0 Å². The van der Waals surface area contributed by atoms with Crippen molar-refractivity contribution in [2.24, 2.45) is 17.8 Å². The number of hydrogen-bond acceptors (Lipinski definition) is 6. The minimum absolute atomic E-state index is 0.0941. The van der Waals surface area contributed by atoms with Crippen LogP contribution in [0.4, 0.5) is 0 Å². The molecule has 5 unspecified atom stereocenters. The second-order valence-electron chi connectivity index (χ2n) is 8.68. The first-order valence-electron chi connectivity index (χ1n) is 9.39. The van der Waals surface area contributed by atoms with Gasteiger partial charge in [-0.05, 0) is 58.3 Å². The Morgan fingerprint density at radius 2 is 1.83 bits per heavy atom. The molecule has 3 rings (SSSR count). The van der Waals surface area contributed by atoms with E-state index < -0.39 is 18.3 Å². The summed E-state index contributed by atoms with van der Waals surface area (Å²) < 4.78 is 5.77. The first kappa shape index (κ1) is 18.9. The summed E-state index contributed by atoms with van der Waals surface area (Å²) in [5.41, 5.74) is -0.406. The summed E-state index contributed by atoms with van der Waals surface area (Å²) in [4.78, 5) is 2.02. The van der Waals surface area contributed by atoms with E-state index in [9.17, 15) is 15.3 Å². The summed E-state index contributed by atoms with van der Waals surface area (Å²) in [6.45, 7) is 6.63. The molecule has 0 spiro atoms. The topological polar surface area (TPSA) is 73.2 Å². The first-order valence-corrected chi connectivity index (χ1v) is 10.3. The van der Waals surface area contributed by atoms with Gasteiger partial charge in [-0.25, -0.2) is 4.90 Å². The van der Waals surface area contributed by atoms with Crippen molar-refractivity contribution in [3.05, 3.63) is 0 Å². The van der Waals surface area contributed by atoms with E-state index >= 15 is 0 Å². The number of rotatable bonds is 6. The van der Waals surface area contributed by atoms with Gasteiger partial charge in [-0.2, -0.15) is 0 Å². The Morgan fingerprint density at radius 1 is 1.12 bits per heavy atom. The number of likely N-dealkylation sites (tertiary alicyclic amines) is 1. The number of ether oxygens (including phenoxy) is 1. The maximum absolute atomic E-state index is 10.6. The number of aliphatic hydroxyl groups excluding tert-OH is 2. The van der Waals surface area contributed by atoms with Crippen LogP contribution in [-0.2, 0) is 4.74 Å². The van der Waals surface area contributed by atoms with Crippen molar-refractivity contribution in [2.75, 3.05) is 6.54 Å². The SMILES string of the molecule is CC(C)(C)OC(O)N1CCCC2C(C(O)O)C(CCC3CC3)SC21. The van der Waals surface area contributed by atoms with Gasteiger partial charge in [-0.3, -0.25) is 0 Å². The number of hydrogen-bond donors (Lipinski definition) is 3. The first-order chi connectivity index (χ1) is 11.3. The zero-order chi connectivity index (χ0) is 17.5. The van der Waals surface area contributed by atoms with Crippen LogP contribution in [0.15, 0.2) is 0 Å². The van der Waals surface area contributed by atoms with Crippen LogP contribution in [0, 0.1) is 17.8 Å². The second-order valence-corrected chi connectivity index (χ2v) is 10.0. The van der Waals surface area contributed by atoms with E-state index in [1.165, 1.54) is 19.3 Å². The van der Waals surface area contributed by atoms with Crippen molar-refractivity contribution in [1.29, 1.82) is 0 Å². The van der Waals surface area contributed by atoms with E-state index in [0.717, 1.165) is 31.7 Å². The van der Waals surface area contributed by atoms with Crippen molar-refractivity contribution >= 4 is 11.8 Å². The van der Waals surface area contributed by atoms with Crippen LogP contribution < -0.4 is 0 Å². The van der Waals surface area contributed by atoms with Crippen molar-refractivity contribution in [2.45, 2.75) is 88.2 Å². The van der Waals surface area contributed by atoms with E-state index in [4.69, 9.17) is 4.74 Å². The van der Waals surface area contributed by atoms with Gasteiger partial charge in [0.15, 0.2) is 6.29 Å². The monoisotopic (exact) mass is 359 g/mol. The molecule has 6 heteroatoms. The maximum atomic E-state index is 10.6. The van der Waals surface area contributed by atoms with Gasteiger partial charge >= 0.3 is 0 Å². The summed E-state index contributed by atoms with van der Waals surface area (Å²) >= 11 is 1.83. The van der Waals surface area contributed by atoms with E-state index in [2.05, 4.69) is 0 Å². The average molecular weight is 360 g/mol. The highest BCUT2D eigenvalue weighted by molar-refractivity contribution is 8.00. The number of thioether (sulfide) groups is 1. The highest BCUT2D eigenvalue weighted by Gasteiger charge is 2.51. The second kappa shape index (κ2) is 7.41. The molecule has 140 valence electrons. The predicted molar refractivity (Wildman–Crippen MR) is 95.1 cm³/mol. The summed E-state index contributed by atoms with van der Waals surface area (Å²) in [7, 11) is 0. The van der Waals surface area contributed by atoms with E-state index in [1.54, 1.807) is 0 Å². The molecular formula is C18H33NO4S. The molecule has 0 aromatic carbocycles. The van der Waals surface area contributed by atoms with E-state index in [1.807, 2.05) is 37.4 Å². The molecule has 0 aromatic rings. The molecule has 3 N–H and O–H groups in total. The van der Waals surface area contributed by atoms with Crippen molar-refractivity contribution in [1.82, 2.24) is 4.90 Å². The highest BCUT2D eigenvalue weighted by atomic mass is 32.2. The third kappa shape index (κ3) is 4.46. The Bertz CT molecular complexity index is 424. The van der Waals surface area contributed by atoms with Crippen LogP contribution in [0.5, 0.6) is 0 Å². The third-order valence-corrected chi connectivity index (χ3v) is 7.33. The largest absolute Gasteiger partial charge is 0.368 e. The molecule has 1 saturated carbocycles. The van der Waals surface area contributed by atoms with Gasteiger partial charge in [-0.15, -0.1) is 11.8 Å². The lowest BCUT2D eigenvalue weighted by Gasteiger charge is -2.42. The van der Waals surface area contributed by atoms with Gasteiger partial charge in [0.2, 0.25) is 6.41 Å². The molecule has 2 aliphatic heterocycles. The molecule has 0 radical (unpaired) electrons. The summed E-state index contributed by atoms with van der Waals surface area (Å²) in [6.07, 6.45) is 4.68. The van der Waals surface area contributed by atoms with Gasteiger partial charge in [-0.1, -0.05) is 12.8 Å². The molecule has 2 saturated heterocycles. The Labute approximate surface area is 149 Å². The van der Waals surface area contributed by atoms with Crippen LogP contribution in [0.2, 0.25) is 0 Å². The number of piperidine rings is 1. The molecule has 5 nitrogen and oxygen atoms in total. The van der Waals surface area contributed by atoms with Crippen molar-refractivity contribution in [3.8, 4) is 0 Å². The quantitative estimate of drug-likeness (QED) is 0.632. The molecule has 24 heavy (non-hydrogen) atoms. The van der Waals surface area contributed by atoms with Gasteiger partial charge < -0.3 is 20.1 Å². The Kier molecular flexibility index (Phi) is 5.84. The molecule has 0 bridgehead atoms. The fraction of sp³-hybridized carbons (Fsp3) is 1.00. The lowest BCUT2D eigenvalue weighted by molar-refractivity contribution is -0.251. The number of aliphatic hydroxyl groups is 3. The van der Waals surface area contributed by atoms with Crippen LogP contribution in [0.1, 0.15) is 59.3 Å². The molecule has 3 fully saturated rings. The molecule has 3 aliphatic rings. The van der Waals surface area contributed by atoms with Gasteiger partial charge in [0, 0.05) is 17.7 Å². The fourth-order valence-electron chi connectivity index (χ4n) is 4.23. The molecule has 1 aliphatic carbocycles. The standard InChI is InChI=1S/C18H33NO4S/c1-18(2,3)23-17(22)19-10-4-5-12-14(16(20)21)13(24-15(12)19)9-8-11-6-7-11/h11-17,20-22H,4-10H2,1-3H3. The minimum Gasteiger partial charge on any atom is -0.368 e. The van der Waals surface area contributed by atoms with Gasteiger partial charge in [0.1, 0.15) is 0 Å². The zero-order valence-corrected chi connectivity index (χ0v) is 15.9. The minimum atomic E-state index is -1.27. The van der Waals surface area contributed by atoms with Crippen LogP contribution in [0.3, 0.4) is 0 Å². The fourth-order valence-corrected chi connectivity index (χ4v) is 6.27. The van der Waals surface area contributed by atoms with Crippen LogP contribution in [0.25, 0.3) is 0 Å². The number of fused-ring (bicyclic) bond motifs is 1. The zero-order valence-electron chi connectivity index (χ0n) is 15.1. The summed E-state index contributed by atoms with van der Waals surface area (Å²) in [6, 6.07) is 0. The average Bonchev–Trinajstić information content (AvgIpc) is 3.21. The van der Waals surface area contributed by atoms with Crippen molar-refractivity contribution < 1.29 is 20.1 Å². The van der Waals surface area contributed by atoms with E-state index in [-0.39, 0.29) is 22.5 Å². The predicted octanol–water partition coefficient (Wildman–Crippen LogP) is 2.35. The Hall–Kier alpha value is 0.150. The lowest BCUT2D eigenvalue weighted by atomic mass is 9.81. The number of nitrogens with zero attached hydrogens (tertiary/aromatic N) is 1. The van der Waals surface area contributed by atoms with Gasteiger partial charge in [0.05, 0.1) is 11.0 Å². The van der Waals surface area contributed by atoms with Crippen LogP contribution in [-0.4, -0.2) is 55.7 Å². The molecule has 0 aromatic heterocycles. The van der Waals surface area contributed by atoms with Crippen molar-refractivity contribution in [3.63, 3.8) is 0 Å². The third-order valence-electron chi connectivity index (χ3n) is 5.53. The smallest absolute Gasteiger partial charge is 0.217 e. The van der Waals surface area contributed by atoms with Crippen LogP contribution >= 0.6 is 11.8 Å².